The molecular formula is C22H23ClFN3O3. The summed E-state index contributed by atoms with van der Waals surface area (Å²) in [6.07, 6.45) is 2.83. The summed E-state index contributed by atoms with van der Waals surface area (Å²) in [6, 6.07) is 10.9. The van der Waals surface area contributed by atoms with E-state index >= 15 is 0 Å². The van der Waals surface area contributed by atoms with Crippen LogP contribution in [0.4, 0.5) is 10.1 Å². The minimum absolute atomic E-state index is 0.0287. The van der Waals surface area contributed by atoms with Gasteiger partial charge in [0.25, 0.3) is 5.69 Å². The van der Waals surface area contributed by atoms with E-state index in [-0.39, 0.29) is 34.5 Å². The molecule has 2 aromatic rings. The summed E-state index contributed by atoms with van der Waals surface area (Å²) in [7, 11) is 0. The van der Waals surface area contributed by atoms with E-state index in [1.807, 2.05) is 13.8 Å². The van der Waals surface area contributed by atoms with Crippen LogP contribution in [-0.2, 0) is 11.3 Å². The molecule has 0 bridgehead atoms. The van der Waals surface area contributed by atoms with Crippen LogP contribution in [0.3, 0.4) is 0 Å². The second kappa shape index (κ2) is 9.36. The smallest absolute Gasteiger partial charge is 0.278 e. The Morgan fingerprint density at radius 2 is 1.90 bits per heavy atom. The van der Waals surface area contributed by atoms with Crippen LogP contribution < -0.4 is 0 Å². The average Bonchev–Trinajstić information content (AvgIpc) is 2.70. The number of carbonyl (C=O) groups excluding carboxylic acids is 1. The number of nitro benzene ring substituents is 1. The highest BCUT2D eigenvalue weighted by molar-refractivity contribution is 6.30. The molecule has 2 aromatic carbocycles. The van der Waals surface area contributed by atoms with Crippen LogP contribution >= 0.6 is 11.6 Å². The molecule has 3 rings (SSSR count). The molecule has 1 heterocycles. The fourth-order valence-electron chi connectivity index (χ4n) is 3.62. The van der Waals surface area contributed by atoms with Gasteiger partial charge in [0.2, 0.25) is 5.91 Å². The van der Waals surface area contributed by atoms with Gasteiger partial charge in [0.15, 0.2) is 0 Å². The number of rotatable bonds is 5. The summed E-state index contributed by atoms with van der Waals surface area (Å²) >= 11 is 5.83. The molecule has 0 aromatic heterocycles. The van der Waals surface area contributed by atoms with Crippen LogP contribution in [0.1, 0.15) is 25.0 Å². The van der Waals surface area contributed by atoms with E-state index in [1.165, 1.54) is 36.4 Å². The Labute approximate surface area is 179 Å². The Morgan fingerprint density at radius 1 is 1.20 bits per heavy atom. The Morgan fingerprint density at radius 3 is 2.57 bits per heavy atom. The van der Waals surface area contributed by atoms with Crippen molar-refractivity contribution in [1.82, 2.24) is 9.80 Å². The van der Waals surface area contributed by atoms with Crippen molar-refractivity contribution in [3.63, 3.8) is 0 Å². The molecular weight excluding hydrogens is 409 g/mol. The van der Waals surface area contributed by atoms with E-state index < -0.39 is 4.92 Å². The van der Waals surface area contributed by atoms with E-state index in [2.05, 4.69) is 4.90 Å². The molecule has 8 heteroatoms. The van der Waals surface area contributed by atoms with Gasteiger partial charge in [-0.1, -0.05) is 23.7 Å². The molecule has 30 heavy (non-hydrogen) atoms. The third-order valence-electron chi connectivity index (χ3n) is 5.29. The summed E-state index contributed by atoms with van der Waals surface area (Å²) < 4.78 is 13.1. The number of piperazine rings is 1. The number of benzene rings is 2. The van der Waals surface area contributed by atoms with Gasteiger partial charge in [0, 0.05) is 48.9 Å². The average molecular weight is 432 g/mol. The second-order valence-corrected chi connectivity index (χ2v) is 7.97. The van der Waals surface area contributed by atoms with Crippen molar-refractivity contribution in [3.05, 3.63) is 80.6 Å². The third kappa shape index (κ3) is 5.23. The van der Waals surface area contributed by atoms with Crippen molar-refractivity contribution in [2.24, 2.45) is 0 Å². The first-order valence-corrected chi connectivity index (χ1v) is 10.0. The molecule has 0 radical (unpaired) electrons. The van der Waals surface area contributed by atoms with Crippen LogP contribution in [0, 0.1) is 15.9 Å². The lowest BCUT2D eigenvalue weighted by atomic mass is 10.1. The van der Waals surface area contributed by atoms with Crippen LogP contribution in [0.25, 0.3) is 6.08 Å². The van der Waals surface area contributed by atoms with Gasteiger partial charge in [-0.2, -0.15) is 0 Å². The summed E-state index contributed by atoms with van der Waals surface area (Å²) in [5.41, 5.74) is 1.20. The molecule has 2 atom stereocenters. The monoisotopic (exact) mass is 431 g/mol. The highest BCUT2D eigenvalue weighted by atomic mass is 35.5. The first-order chi connectivity index (χ1) is 14.2. The van der Waals surface area contributed by atoms with Gasteiger partial charge >= 0.3 is 0 Å². The zero-order chi connectivity index (χ0) is 21.8. The number of hydrogen-bond acceptors (Lipinski definition) is 4. The predicted molar refractivity (Wildman–Crippen MR) is 115 cm³/mol. The Kier molecular flexibility index (Phi) is 6.84. The molecule has 6 nitrogen and oxygen atoms in total. The standard InChI is InChI=1S/C22H23ClFN3O3/c1-15-13-26(16(2)12-25(15)14-17-3-8-20(24)9-4-17)22(28)10-6-18-5-7-19(23)11-21(18)27(29)30/h3-11,15-16H,12-14H2,1-2H3/b10-6+/t15-,16+/m1/s1. The van der Waals surface area contributed by atoms with Crippen molar-refractivity contribution < 1.29 is 14.1 Å². The number of hydrogen-bond donors (Lipinski definition) is 0. The normalized spacial score (nSPS) is 19.9. The molecule has 0 spiro atoms. The lowest BCUT2D eigenvalue weighted by Gasteiger charge is -2.43. The maximum absolute atomic E-state index is 13.1. The minimum Gasteiger partial charge on any atom is -0.334 e. The van der Waals surface area contributed by atoms with Crippen LogP contribution in [0.2, 0.25) is 5.02 Å². The fraction of sp³-hybridized carbons (Fsp3) is 0.318. The van der Waals surface area contributed by atoms with Gasteiger partial charge in [-0.15, -0.1) is 0 Å². The molecule has 0 unspecified atom stereocenters. The summed E-state index contributed by atoms with van der Waals surface area (Å²) in [5, 5.41) is 11.5. The summed E-state index contributed by atoms with van der Waals surface area (Å²) in [6.45, 7) is 5.91. The topological polar surface area (TPSA) is 66.7 Å². The Hall–Kier alpha value is -2.77. The minimum atomic E-state index is -0.519. The van der Waals surface area contributed by atoms with Gasteiger partial charge in [0.1, 0.15) is 5.82 Å². The van der Waals surface area contributed by atoms with Crippen LogP contribution in [-0.4, -0.2) is 45.8 Å². The molecule has 1 amide bonds. The lowest BCUT2D eigenvalue weighted by Crippen LogP contribution is -2.57. The van der Waals surface area contributed by atoms with Crippen LogP contribution in [0.15, 0.2) is 48.5 Å². The third-order valence-corrected chi connectivity index (χ3v) is 5.53. The van der Waals surface area contributed by atoms with E-state index in [9.17, 15) is 19.3 Å². The van der Waals surface area contributed by atoms with Gasteiger partial charge in [-0.25, -0.2) is 4.39 Å². The van der Waals surface area contributed by atoms with E-state index in [4.69, 9.17) is 11.6 Å². The first-order valence-electron chi connectivity index (χ1n) is 9.65. The first kappa shape index (κ1) is 21.9. The molecule has 0 N–H and O–H groups in total. The van der Waals surface area contributed by atoms with E-state index in [0.29, 0.717) is 25.2 Å². The zero-order valence-electron chi connectivity index (χ0n) is 16.8. The van der Waals surface area contributed by atoms with E-state index in [1.54, 1.807) is 23.1 Å². The molecule has 0 aliphatic carbocycles. The van der Waals surface area contributed by atoms with Gasteiger partial charge in [0.05, 0.1) is 10.5 Å². The fourth-order valence-corrected chi connectivity index (χ4v) is 3.79. The van der Waals surface area contributed by atoms with Crippen molar-refractivity contribution in [2.45, 2.75) is 32.5 Å². The van der Waals surface area contributed by atoms with Gasteiger partial charge < -0.3 is 4.90 Å². The molecule has 158 valence electrons. The maximum atomic E-state index is 13.1. The number of nitrogens with zero attached hydrogens (tertiary/aromatic N) is 3. The molecule has 0 saturated carbocycles. The van der Waals surface area contributed by atoms with Gasteiger partial charge in [-0.05, 0) is 49.8 Å². The molecule has 1 saturated heterocycles. The van der Waals surface area contributed by atoms with E-state index in [0.717, 1.165) is 5.56 Å². The number of amides is 1. The van der Waals surface area contributed by atoms with Crippen molar-refractivity contribution in [3.8, 4) is 0 Å². The second-order valence-electron chi connectivity index (χ2n) is 7.54. The van der Waals surface area contributed by atoms with Crippen molar-refractivity contribution in [2.75, 3.05) is 13.1 Å². The van der Waals surface area contributed by atoms with Crippen molar-refractivity contribution in [1.29, 1.82) is 0 Å². The number of halogens is 2. The molecule has 1 aliphatic rings. The number of nitro groups is 1. The zero-order valence-corrected chi connectivity index (χ0v) is 17.6. The lowest BCUT2D eigenvalue weighted by molar-refractivity contribution is -0.385. The SMILES string of the molecule is C[C@@H]1CN(C(=O)/C=C/c2ccc(Cl)cc2[N+](=O)[O-])[C@@H](C)CN1Cc1ccc(F)cc1. The quantitative estimate of drug-likeness (QED) is 0.396. The van der Waals surface area contributed by atoms with Crippen molar-refractivity contribution >= 4 is 29.3 Å². The Balaban J connectivity index is 1.67. The van der Waals surface area contributed by atoms with Gasteiger partial charge in [-0.3, -0.25) is 19.8 Å². The summed E-state index contributed by atoms with van der Waals surface area (Å²) in [5.74, 6) is -0.455. The number of carbonyl (C=O) groups is 1. The Bertz CT molecular complexity index is 965. The maximum Gasteiger partial charge on any atom is 0.278 e. The summed E-state index contributed by atoms with van der Waals surface area (Å²) in [4.78, 5) is 27.5. The predicted octanol–water partition coefficient (Wildman–Crippen LogP) is 4.52. The van der Waals surface area contributed by atoms with Crippen LogP contribution in [0.5, 0.6) is 0 Å². The largest absolute Gasteiger partial charge is 0.334 e. The molecule has 1 aliphatic heterocycles. The highest BCUT2D eigenvalue weighted by Crippen LogP contribution is 2.25. The molecule has 1 fully saturated rings. The highest BCUT2D eigenvalue weighted by Gasteiger charge is 2.31.